The molecule has 0 radical (unpaired) electrons. The molecule has 0 fully saturated rings. The first kappa shape index (κ1) is 13.6. The van der Waals surface area contributed by atoms with Gasteiger partial charge in [-0.3, -0.25) is 0 Å². The lowest BCUT2D eigenvalue weighted by Gasteiger charge is -2.26. The Morgan fingerprint density at radius 1 is 1.44 bits per heavy atom. The molecule has 16 heavy (non-hydrogen) atoms. The van der Waals surface area contributed by atoms with Gasteiger partial charge in [0.1, 0.15) is 0 Å². The van der Waals surface area contributed by atoms with Crippen molar-refractivity contribution in [1.82, 2.24) is 0 Å². The van der Waals surface area contributed by atoms with E-state index in [1.165, 1.54) is 24.2 Å². The van der Waals surface area contributed by atoms with Crippen LogP contribution in [0.3, 0.4) is 0 Å². The van der Waals surface area contributed by atoms with Gasteiger partial charge < -0.3 is 4.43 Å². The molecule has 0 aromatic heterocycles. The van der Waals surface area contributed by atoms with Crippen LogP contribution in [0.15, 0.2) is 24.0 Å². The first-order valence-corrected chi connectivity index (χ1v) is 9.69. The molecule has 1 unspecified atom stereocenters. The van der Waals surface area contributed by atoms with Crippen molar-refractivity contribution in [3.8, 4) is 0 Å². The number of hydrogen-bond acceptors (Lipinski definition) is 1. The molecule has 0 amide bonds. The Kier molecular flexibility index (Phi) is 4.05. The van der Waals surface area contributed by atoms with Crippen molar-refractivity contribution in [2.24, 2.45) is 5.41 Å². The summed E-state index contributed by atoms with van der Waals surface area (Å²) in [6, 6.07) is 0. The second kappa shape index (κ2) is 4.78. The highest BCUT2D eigenvalue weighted by Gasteiger charge is 2.35. The lowest BCUT2D eigenvalue weighted by atomic mass is 9.80. The lowest BCUT2D eigenvalue weighted by molar-refractivity contribution is 0.365. The molecule has 0 saturated carbocycles. The standard InChI is InChI=1S/C14H26OSi/c1-7-8-10-14(3)11-9-13(12(14)2)15-16(4,5)6/h7H,1,8-11H2,2-6H3. The largest absolute Gasteiger partial charge is 0.547 e. The summed E-state index contributed by atoms with van der Waals surface area (Å²) in [4.78, 5) is 0. The van der Waals surface area contributed by atoms with E-state index in [2.05, 4.69) is 40.1 Å². The van der Waals surface area contributed by atoms with Crippen molar-refractivity contribution in [2.75, 3.05) is 0 Å². The molecule has 1 atom stereocenters. The fourth-order valence-electron chi connectivity index (χ4n) is 2.33. The Bertz CT molecular complexity index is 298. The molecule has 0 heterocycles. The van der Waals surface area contributed by atoms with Crippen molar-refractivity contribution in [3.05, 3.63) is 24.0 Å². The van der Waals surface area contributed by atoms with Gasteiger partial charge in [-0.1, -0.05) is 13.0 Å². The normalized spacial score (nSPS) is 26.1. The third kappa shape index (κ3) is 3.24. The molecule has 0 aliphatic heterocycles. The van der Waals surface area contributed by atoms with Crippen molar-refractivity contribution in [2.45, 2.75) is 59.2 Å². The second-order valence-electron chi connectivity index (χ2n) is 6.15. The summed E-state index contributed by atoms with van der Waals surface area (Å²) in [5, 5.41) is 0. The van der Waals surface area contributed by atoms with Crippen molar-refractivity contribution < 1.29 is 4.43 Å². The molecule has 1 nitrogen and oxygen atoms in total. The fraction of sp³-hybridized carbons (Fsp3) is 0.714. The Labute approximate surface area is 102 Å². The number of rotatable bonds is 5. The zero-order valence-electron chi connectivity index (χ0n) is 11.5. The van der Waals surface area contributed by atoms with Crippen LogP contribution in [-0.4, -0.2) is 8.32 Å². The van der Waals surface area contributed by atoms with Crippen LogP contribution in [0.5, 0.6) is 0 Å². The lowest BCUT2D eigenvalue weighted by Crippen LogP contribution is -2.25. The van der Waals surface area contributed by atoms with Crippen LogP contribution < -0.4 is 0 Å². The fourth-order valence-corrected chi connectivity index (χ4v) is 3.33. The first-order valence-electron chi connectivity index (χ1n) is 6.29. The maximum atomic E-state index is 6.18. The molecule has 0 N–H and O–H groups in total. The summed E-state index contributed by atoms with van der Waals surface area (Å²) in [5.41, 5.74) is 1.83. The minimum absolute atomic E-state index is 0.350. The van der Waals surface area contributed by atoms with Crippen molar-refractivity contribution in [3.63, 3.8) is 0 Å². The van der Waals surface area contributed by atoms with E-state index >= 15 is 0 Å². The number of hydrogen-bond donors (Lipinski definition) is 0. The summed E-state index contributed by atoms with van der Waals surface area (Å²) in [5.74, 6) is 1.28. The smallest absolute Gasteiger partial charge is 0.241 e. The Balaban J connectivity index is 2.76. The van der Waals surface area contributed by atoms with E-state index in [-0.39, 0.29) is 0 Å². The predicted molar refractivity (Wildman–Crippen MR) is 73.9 cm³/mol. The van der Waals surface area contributed by atoms with E-state index in [9.17, 15) is 0 Å². The highest BCUT2D eigenvalue weighted by molar-refractivity contribution is 6.70. The highest BCUT2D eigenvalue weighted by Crippen LogP contribution is 2.46. The molecule has 0 saturated heterocycles. The van der Waals surface area contributed by atoms with Crippen LogP contribution in [0.2, 0.25) is 19.6 Å². The summed E-state index contributed by atoms with van der Waals surface area (Å²) >= 11 is 0. The first-order chi connectivity index (χ1) is 7.28. The maximum absolute atomic E-state index is 6.18. The van der Waals surface area contributed by atoms with Gasteiger partial charge in [0.15, 0.2) is 0 Å². The van der Waals surface area contributed by atoms with Gasteiger partial charge in [0.2, 0.25) is 8.32 Å². The van der Waals surface area contributed by atoms with Gasteiger partial charge in [-0.2, -0.15) is 0 Å². The molecular weight excluding hydrogens is 212 g/mol. The Morgan fingerprint density at radius 3 is 2.56 bits per heavy atom. The summed E-state index contributed by atoms with van der Waals surface area (Å²) in [7, 11) is -1.44. The van der Waals surface area contributed by atoms with Crippen molar-refractivity contribution >= 4 is 8.32 Å². The van der Waals surface area contributed by atoms with E-state index in [1.54, 1.807) is 0 Å². The van der Waals surface area contributed by atoms with Crippen molar-refractivity contribution in [1.29, 1.82) is 0 Å². The minimum Gasteiger partial charge on any atom is -0.547 e. The third-order valence-electron chi connectivity index (χ3n) is 3.56. The van der Waals surface area contributed by atoms with Gasteiger partial charge in [-0.05, 0) is 56.8 Å². The summed E-state index contributed by atoms with van der Waals surface area (Å²) in [6.45, 7) is 15.2. The van der Waals surface area contributed by atoms with E-state index in [0.29, 0.717) is 5.41 Å². The SMILES string of the molecule is C=CCCC1(C)CCC(O[Si](C)(C)C)=C1C. The van der Waals surface area contributed by atoms with E-state index in [0.717, 1.165) is 12.8 Å². The minimum atomic E-state index is -1.44. The molecule has 92 valence electrons. The van der Waals surface area contributed by atoms with E-state index in [4.69, 9.17) is 4.43 Å². The Hall–Kier alpha value is -0.503. The topological polar surface area (TPSA) is 9.23 Å². The quantitative estimate of drug-likeness (QED) is 0.490. The van der Waals surface area contributed by atoms with E-state index in [1.807, 2.05) is 6.08 Å². The van der Waals surface area contributed by atoms with Crippen LogP contribution in [0.4, 0.5) is 0 Å². The number of allylic oxidation sites excluding steroid dienone is 3. The predicted octanol–water partition coefficient (Wildman–Crippen LogP) is 4.88. The molecule has 0 aromatic rings. The van der Waals surface area contributed by atoms with Crippen LogP contribution in [0.25, 0.3) is 0 Å². The van der Waals surface area contributed by atoms with Gasteiger partial charge >= 0.3 is 0 Å². The van der Waals surface area contributed by atoms with Gasteiger partial charge in [0.05, 0.1) is 5.76 Å². The molecule has 1 rings (SSSR count). The highest BCUT2D eigenvalue weighted by atomic mass is 28.4. The third-order valence-corrected chi connectivity index (χ3v) is 4.42. The molecular formula is C14H26OSi. The summed E-state index contributed by atoms with van der Waals surface area (Å²) in [6.07, 6.45) is 6.71. The zero-order chi connectivity index (χ0) is 12.4. The van der Waals surface area contributed by atoms with Crippen LogP contribution in [-0.2, 0) is 4.43 Å². The zero-order valence-corrected chi connectivity index (χ0v) is 12.5. The van der Waals surface area contributed by atoms with Gasteiger partial charge in [-0.15, -0.1) is 6.58 Å². The second-order valence-corrected chi connectivity index (χ2v) is 10.6. The van der Waals surface area contributed by atoms with Crippen LogP contribution >= 0.6 is 0 Å². The molecule has 0 aromatic carbocycles. The van der Waals surface area contributed by atoms with E-state index < -0.39 is 8.32 Å². The molecule has 0 spiro atoms. The molecule has 2 heteroatoms. The molecule has 1 aliphatic rings. The van der Waals surface area contributed by atoms with Crippen LogP contribution in [0.1, 0.15) is 39.5 Å². The Morgan fingerprint density at radius 2 is 2.06 bits per heavy atom. The summed E-state index contributed by atoms with van der Waals surface area (Å²) < 4.78 is 6.18. The van der Waals surface area contributed by atoms with Gasteiger partial charge in [0.25, 0.3) is 0 Å². The molecule has 0 bridgehead atoms. The average Bonchev–Trinajstić information content (AvgIpc) is 2.42. The average molecular weight is 238 g/mol. The molecule has 1 aliphatic carbocycles. The van der Waals surface area contributed by atoms with Gasteiger partial charge in [0, 0.05) is 6.42 Å². The monoisotopic (exact) mass is 238 g/mol. The van der Waals surface area contributed by atoms with Crippen LogP contribution in [0, 0.1) is 5.41 Å². The van der Waals surface area contributed by atoms with Gasteiger partial charge in [-0.25, -0.2) is 0 Å². The maximum Gasteiger partial charge on any atom is 0.241 e.